The molecule has 1 aromatic heterocycles. The number of nitrogens with zero attached hydrogens (tertiary/aromatic N) is 2. The molecule has 0 amide bonds. The van der Waals surface area contributed by atoms with E-state index >= 15 is 0 Å². The van der Waals surface area contributed by atoms with Crippen LogP contribution in [0.15, 0.2) is 30.5 Å². The van der Waals surface area contributed by atoms with E-state index in [0.29, 0.717) is 23.9 Å². The van der Waals surface area contributed by atoms with Crippen molar-refractivity contribution in [3.05, 3.63) is 41.9 Å². The number of halogens is 2. The number of benzene rings is 1. The normalized spacial score (nSPS) is 10.5. The molecule has 0 spiro atoms. The molecular weight excluding hydrogens is 280 g/mol. The summed E-state index contributed by atoms with van der Waals surface area (Å²) in [6.45, 7) is 0.382. The Bertz CT molecular complexity index is 609. The van der Waals surface area contributed by atoms with Crippen molar-refractivity contribution in [3.63, 3.8) is 0 Å². The van der Waals surface area contributed by atoms with Gasteiger partial charge in [0.05, 0.1) is 14.2 Å². The molecule has 0 aliphatic rings. The highest BCUT2D eigenvalue weighted by Gasteiger charge is 2.11. The fourth-order valence-corrected chi connectivity index (χ4v) is 1.76. The van der Waals surface area contributed by atoms with Crippen molar-refractivity contribution in [2.24, 2.45) is 0 Å². The molecule has 1 heterocycles. The summed E-state index contributed by atoms with van der Waals surface area (Å²) in [6.07, 6.45) is -1.40. The maximum absolute atomic E-state index is 12.5. The molecule has 0 bridgehead atoms. The average molecular weight is 295 g/mol. The number of aromatic nitrogens is 2. The molecule has 0 radical (unpaired) electrons. The minimum absolute atomic E-state index is 0.332. The Morgan fingerprint density at radius 1 is 1.19 bits per heavy atom. The first kappa shape index (κ1) is 15.0. The highest BCUT2D eigenvalue weighted by Crippen LogP contribution is 2.25. The molecule has 0 aliphatic carbocycles. The molecule has 5 nitrogen and oxygen atoms in total. The summed E-state index contributed by atoms with van der Waals surface area (Å²) >= 11 is 0. The van der Waals surface area contributed by atoms with Crippen LogP contribution in [0.3, 0.4) is 0 Å². The molecular formula is C14H15F2N3O2. The minimum Gasteiger partial charge on any atom is -0.497 e. The number of ether oxygens (including phenoxy) is 2. The van der Waals surface area contributed by atoms with E-state index in [1.165, 1.54) is 12.3 Å². The van der Waals surface area contributed by atoms with E-state index in [-0.39, 0.29) is 0 Å². The van der Waals surface area contributed by atoms with Gasteiger partial charge < -0.3 is 14.8 Å². The van der Waals surface area contributed by atoms with Crippen LogP contribution in [0, 0.1) is 0 Å². The van der Waals surface area contributed by atoms with Crippen LogP contribution in [0.4, 0.5) is 14.6 Å². The van der Waals surface area contributed by atoms with Gasteiger partial charge in [0, 0.05) is 24.4 Å². The van der Waals surface area contributed by atoms with Crippen molar-refractivity contribution in [3.8, 4) is 11.5 Å². The molecule has 112 valence electrons. The van der Waals surface area contributed by atoms with Crippen molar-refractivity contribution in [1.29, 1.82) is 0 Å². The van der Waals surface area contributed by atoms with Crippen LogP contribution >= 0.6 is 0 Å². The van der Waals surface area contributed by atoms with Gasteiger partial charge in [-0.2, -0.15) is 0 Å². The predicted molar refractivity (Wildman–Crippen MR) is 73.9 cm³/mol. The molecule has 1 N–H and O–H groups in total. The number of hydrogen-bond donors (Lipinski definition) is 1. The molecule has 0 unspecified atom stereocenters. The first-order valence-corrected chi connectivity index (χ1v) is 6.20. The molecule has 7 heteroatoms. The van der Waals surface area contributed by atoms with Gasteiger partial charge in [0.25, 0.3) is 6.43 Å². The highest BCUT2D eigenvalue weighted by molar-refractivity contribution is 5.43. The second kappa shape index (κ2) is 6.83. The molecule has 21 heavy (non-hydrogen) atoms. The zero-order valence-electron chi connectivity index (χ0n) is 11.6. The lowest BCUT2D eigenvalue weighted by Crippen LogP contribution is -2.05. The van der Waals surface area contributed by atoms with Crippen LogP contribution in [0.1, 0.15) is 17.8 Å². The number of rotatable bonds is 6. The Hall–Kier alpha value is -2.44. The SMILES string of the molecule is COc1ccc(CNc2ccnc(C(F)F)n2)c(OC)c1. The predicted octanol–water partition coefficient (Wildman–Crippen LogP) is 3.04. The molecule has 0 aliphatic heterocycles. The Morgan fingerprint density at radius 3 is 2.67 bits per heavy atom. The van der Waals surface area contributed by atoms with Crippen LogP contribution in [0.25, 0.3) is 0 Å². The van der Waals surface area contributed by atoms with Crippen molar-refractivity contribution in [2.75, 3.05) is 19.5 Å². The summed E-state index contributed by atoms with van der Waals surface area (Å²) in [4.78, 5) is 7.25. The van der Waals surface area contributed by atoms with Gasteiger partial charge in [-0.3, -0.25) is 0 Å². The minimum atomic E-state index is -2.69. The van der Waals surface area contributed by atoms with E-state index in [4.69, 9.17) is 9.47 Å². The number of alkyl halides is 2. The lowest BCUT2D eigenvalue weighted by molar-refractivity contribution is 0.140. The third-order valence-electron chi connectivity index (χ3n) is 2.82. The van der Waals surface area contributed by atoms with E-state index < -0.39 is 12.2 Å². The monoisotopic (exact) mass is 295 g/mol. The first-order chi connectivity index (χ1) is 10.1. The lowest BCUT2D eigenvalue weighted by Gasteiger charge is -2.12. The summed E-state index contributed by atoms with van der Waals surface area (Å²) in [5.74, 6) is 1.16. The number of anilines is 1. The van der Waals surface area contributed by atoms with Gasteiger partial charge in [0.15, 0.2) is 5.82 Å². The largest absolute Gasteiger partial charge is 0.497 e. The second-order valence-electron chi connectivity index (χ2n) is 4.13. The molecule has 0 saturated carbocycles. The van der Waals surface area contributed by atoms with E-state index in [9.17, 15) is 8.78 Å². The third-order valence-corrected chi connectivity index (χ3v) is 2.82. The highest BCUT2D eigenvalue weighted by atomic mass is 19.3. The van der Waals surface area contributed by atoms with E-state index in [1.807, 2.05) is 6.07 Å². The lowest BCUT2D eigenvalue weighted by atomic mass is 10.2. The van der Waals surface area contributed by atoms with E-state index in [0.717, 1.165) is 5.56 Å². The van der Waals surface area contributed by atoms with Crippen LogP contribution < -0.4 is 14.8 Å². The standard InChI is InChI=1S/C14H15F2N3O2/c1-20-10-4-3-9(11(7-10)21-2)8-18-12-5-6-17-14(19-12)13(15)16/h3-7,13H,8H2,1-2H3,(H,17,18,19). The summed E-state index contributed by atoms with van der Waals surface area (Å²) < 4.78 is 35.4. The molecule has 0 saturated heterocycles. The Morgan fingerprint density at radius 2 is 2.00 bits per heavy atom. The van der Waals surface area contributed by atoms with Crippen LogP contribution in [0.2, 0.25) is 0 Å². The molecule has 2 aromatic rings. The quantitative estimate of drug-likeness (QED) is 0.887. The van der Waals surface area contributed by atoms with Crippen molar-refractivity contribution in [2.45, 2.75) is 13.0 Å². The molecule has 2 rings (SSSR count). The number of nitrogens with one attached hydrogen (secondary N) is 1. The van der Waals surface area contributed by atoms with Crippen LogP contribution in [-0.2, 0) is 6.54 Å². The van der Waals surface area contributed by atoms with Gasteiger partial charge >= 0.3 is 0 Å². The van der Waals surface area contributed by atoms with Gasteiger partial charge in [-0.15, -0.1) is 0 Å². The zero-order chi connectivity index (χ0) is 15.2. The van der Waals surface area contributed by atoms with Gasteiger partial charge in [0.2, 0.25) is 0 Å². The number of hydrogen-bond acceptors (Lipinski definition) is 5. The fraction of sp³-hybridized carbons (Fsp3) is 0.286. The van der Waals surface area contributed by atoms with E-state index in [2.05, 4.69) is 15.3 Å². The van der Waals surface area contributed by atoms with Crippen molar-refractivity contribution in [1.82, 2.24) is 9.97 Å². The summed E-state index contributed by atoms with van der Waals surface area (Å²) in [5, 5.41) is 2.96. The van der Waals surface area contributed by atoms with Gasteiger partial charge in [0.1, 0.15) is 17.3 Å². The third kappa shape index (κ3) is 3.77. The van der Waals surface area contributed by atoms with Crippen LogP contribution in [0.5, 0.6) is 11.5 Å². The molecule has 1 aromatic carbocycles. The van der Waals surface area contributed by atoms with Gasteiger partial charge in [-0.1, -0.05) is 0 Å². The fourth-order valence-electron chi connectivity index (χ4n) is 1.76. The van der Waals surface area contributed by atoms with Crippen molar-refractivity contribution < 1.29 is 18.3 Å². The van der Waals surface area contributed by atoms with Gasteiger partial charge in [-0.25, -0.2) is 18.7 Å². The topological polar surface area (TPSA) is 56.3 Å². The van der Waals surface area contributed by atoms with Crippen molar-refractivity contribution >= 4 is 5.82 Å². The van der Waals surface area contributed by atoms with E-state index in [1.54, 1.807) is 26.4 Å². The Kier molecular flexibility index (Phi) is 4.86. The second-order valence-corrected chi connectivity index (χ2v) is 4.13. The molecule has 0 atom stereocenters. The maximum Gasteiger partial charge on any atom is 0.297 e. The molecule has 0 fully saturated rings. The number of methoxy groups -OCH3 is 2. The smallest absolute Gasteiger partial charge is 0.297 e. The zero-order valence-corrected chi connectivity index (χ0v) is 11.6. The van der Waals surface area contributed by atoms with Crippen LogP contribution in [-0.4, -0.2) is 24.2 Å². The van der Waals surface area contributed by atoms with Gasteiger partial charge in [-0.05, 0) is 18.2 Å². The first-order valence-electron chi connectivity index (χ1n) is 6.20. The Labute approximate surface area is 120 Å². The summed E-state index contributed by atoms with van der Waals surface area (Å²) in [5.41, 5.74) is 0.857. The summed E-state index contributed by atoms with van der Waals surface area (Å²) in [7, 11) is 3.12. The average Bonchev–Trinajstić information content (AvgIpc) is 2.53. The Balaban J connectivity index is 2.11. The summed E-state index contributed by atoms with van der Waals surface area (Å²) in [6, 6.07) is 6.91. The maximum atomic E-state index is 12.5.